The molecule has 0 aliphatic heterocycles. The number of anilines is 1. The van der Waals surface area contributed by atoms with Crippen molar-refractivity contribution in [1.29, 1.82) is 0 Å². The first-order valence-corrected chi connectivity index (χ1v) is 10.5. The van der Waals surface area contributed by atoms with Crippen LogP contribution >= 0.6 is 11.6 Å². The van der Waals surface area contributed by atoms with Gasteiger partial charge in [-0.05, 0) is 43.3 Å². The van der Waals surface area contributed by atoms with Gasteiger partial charge in [0, 0.05) is 25.0 Å². The van der Waals surface area contributed by atoms with Gasteiger partial charge in [0.05, 0.1) is 23.1 Å². The largest absolute Gasteiger partial charge is 0.441 e. The van der Waals surface area contributed by atoms with Crippen molar-refractivity contribution in [2.45, 2.75) is 13.0 Å². The van der Waals surface area contributed by atoms with Crippen LogP contribution in [0.2, 0.25) is 5.15 Å². The van der Waals surface area contributed by atoms with E-state index in [2.05, 4.69) is 25.6 Å². The molecule has 3 aromatic rings. The maximum absolute atomic E-state index is 13.8. The zero-order valence-corrected chi connectivity index (χ0v) is 19.5. The molecule has 182 valence electrons. The number of amides is 2. The highest BCUT2D eigenvalue weighted by Gasteiger charge is 2.19. The summed E-state index contributed by atoms with van der Waals surface area (Å²) in [6.07, 6.45) is 2.17. The first-order valence-electron chi connectivity index (χ1n) is 10.1. The SMILES string of the molecule is C[C@@H](OC(=O)N/C(=C(/N)c1ccc(NC(=O)c2ccc(Cl)nc2)cn1)N(C)N)c1cccnc1F. The molecule has 0 unspecified atom stereocenters. The van der Waals surface area contributed by atoms with Gasteiger partial charge in [0.25, 0.3) is 5.91 Å². The topological polar surface area (TPSA) is 161 Å². The molecule has 11 nitrogen and oxygen atoms in total. The minimum Gasteiger partial charge on any atom is -0.441 e. The van der Waals surface area contributed by atoms with E-state index in [-0.39, 0.29) is 27.9 Å². The average molecular weight is 501 g/mol. The van der Waals surface area contributed by atoms with E-state index in [4.69, 9.17) is 27.9 Å². The van der Waals surface area contributed by atoms with Crippen molar-refractivity contribution < 1.29 is 18.7 Å². The third-order valence-electron chi connectivity index (χ3n) is 4.62. The lowest BCUT2D eigenvalue weighted by atomic mass is 10.2. The molecule has 2 amide bonds. The predicted octanol–water partition coefficient (Wildman–Crippen LogP) is 2.79. The molecule has 3 heterocycles. The van der Waals surface area contributed by atoms with Crippen LogP contribution < -0.4 is 22.2 Å². The molecule has 0 fully saturated rings. The number of pyridine rings is 3. The van der Waals surface area contributed by atoms with Crippen molar-refractivity contribution in [1.82, 2.24) is 25.3 Å². The number of rotatable bonds is 7. The van der Waals surface area contributed by atoms with E-state index >= 15 is 0 Å². The molecule has 1 atom stereocenters. The second-order valence-electron chi connectivity index (χ2n) is 7.18. The van der Waals surface area contributed by atoms with Crippen LogP contribution in [-0.4, -0.2) is 39.0 Å². The first kappa shape index (κ1) is 25.3. The third-order valence-corrected chi connectivity index (χ3v) is 4.85. The summed E-state index contributed by atoms with van der Waals surface area (Å²) in [7, 11) is 1.45. The molecule has 0 aliphatic rings. The smallest absolute Gasteiger partial charge is 0.413 e. The number of halogens is 2. The van der Waals surface area contributed by atoms with Crippen molar-refractivity contribution in [3.63, 3.8) is 0 Å². The van der Waals surface area contributed by atoms with Crippen LogP contribution in [0.25, 0.3) is 5.70 Å². The van der Waals surface area contributed by atoms with Crippen LogP contribution in [0.3, 0.4) is 0 Å². The van der Waals surface area contributed by atoms with Crippen LogP contribution in [0.5, 0.6) is 0 Å². The Hall–Kier alpha value is -4.29. The normalized spacial score (nSPS) is 12.3. The molecule has 0 aromatic carbocycles. The van der Waals surface area contributed by atoms with Gasteiger partial charge in [-0.25, -0.2) is 20.6 Å². The molecule has 0 bridgehead atoms. The van der Waals surface area contributed by atoms with Crippen molar-refractivity contribution in [3.8, 4) is 0 Å². The summed E-state index contributed by atoms with van der Waals surface area (Å²) in [5.41, 5.74) is 7.25. The quantitative estimate of drug-likeness (QED) is 0.217. The van der Waals surface area contributed by atoms with E-state index in [1.165, 1.54) is 62.9 Å². The summed E-state index contributed by atoms with van der Waals surface area (Å²) in [6, 6.07) is 9.10. The van der Waals surface area contributed by atoms with Gasteiger partial charge in [-0.15, -0.1) is 0 Å². The third kappa shape index (κ3) is 6.62. The highest BCUT2D eigenvalue weighted by molar-refractivity contribution is 6.29. The van der Waals surface area contributed by atoms with Crippen molar-refractivity contribution >= 4 is 35.0 Å². The zero-order chi connectivity index (χ0) is 25.5. The number of carbonyl (C=O) groups is 2. The zero-order valence-electron chi connectivity index (χ0n) is 18.7. The Morgan fingerprint density at radius 3 is 2.51 bits per heavy atom. The summed E-state index contributed by atoms with van der Waals surface area (Å²) in [6.45, 7) is 1.49. The summed E-state index contributed by atoms with van der Waals surface area (Å²) in [4.78, 5) is 36.3. The fourth-order valence-corrected chi connectivity index (χ4v) is 2.97. The number of aromatic nitrogens is 3. The number of hydrogen-bond donors (Lipinski definition) is 4. The Morgan fingerprint density at radius 2 is 1.91 bits per heavy atom. The predicted molar refractivity (Wildman–Crippen MR) is 127 cm³/mol. The van der Waals surface area contributed by atoms with Crippen LogP contribution in [0.15, 0.2) is 60.8 Å². The number of carbonyl (C=O) groups excluding carboxylic acids is 2. The minimum atomic E-state index is -0.925. The highest BCUT2D eigenvalue weighted by atomic mass is 35.5. The Kier molecular flexibility index (Phi) is 8.12. The average Bonchev–Trinajstić information content (AvgIpc) is 2.83. The molecule has 3 aromatic heterocycles. The Morgan fingerprint density at radius 1 is 1.14 bits per heavy atom. The van der Waals surface area contributed by atoms with Gasteiger partial charge in [0.1, 0.15) is 17.0 Å². The van der Waals surface area contributed by atoms with Gasteiger partial charge in [-0.1, -0.05) is 11.6 Å². The number of hydrazine groups is 1. The van der Waals surface area contributed by atoms with Crippen molar-refractivity contribution in [2.24, 2.45) is 11.6 Å². The fourth-order valence-electron chi connectivity index (χ4n) is 2.86. The monoisotopic (exact) mass is 500 g/mol. The molecular formula is C22H22ClFN8O3. The van der Waals surface area contributed by atoms with E-state index in [9.17, 15) is 14.0 Å². The summed E-state index contributed by atoms with van der Waals surface area (Å²) in [5, 5.41) is 6.44. The number of nitrogens with one attached hydrogen (secondary N) is 2. The maximum Gasteiger partial charge on any atom is 0.413 e. The summed E-state index contributed by atoms with van der Waals surface area (Å²) in [5.74, 6) is 4.65. The summed E-state index contributed by atoms with van der Waals surface area (Å²) >= 11 is 5.73. The van der Waals surface area contributed by atoms with Gasteiger partial charge in [0.2, 0.25) is 5.95 Å². The molecule has 0 saturated carbocycles. The second kappa shape index (κ2) is 11.2. The van der Waals surface area contributed by atoms with Gasteiger partial charge in [0.15, 0.2) is 5.82 Å². The van der Waals surface area contributed by atoms with Crippen LogP contribution in [0.1, 0.15) is 34.6 Å². The minimum absolute atomic E-state index is 0.00890. The van der Waals surface area contributed by atoms with Crippen LogP contribution in [0, 0.1) is 5.95 Å². The fraction of sp³-hybridized carbons (Fsp3) is 0.136. The van der Waals surface area contributed by atoms with Gasteiger partial charge < -0.3 is 15.8 Å². The molecular weight excluding hydrogens is 479 g/mol. The molecule has 0 saturated heterocycles. The molecule has 0 aliphatic carbocycles. The van der Waals surface area contributed by atoms with E-state index in [0.717, 1.165) is 5.01 Å². The number of nitrogens with zero attached hydrogens (tertiary/aromatic N) is 4. The molecule has 0 spiro atoms. The maximum atomic E-state index is 13.8. The number of hydrogen-bond acceptors (Lipinski definition) is 9. The molecule has 13 heteroatoms. The van der Waals surface area contributed by atoms with Crippen molar-refractivity contribution in [2.75, 3.05) is 12.4 Å². The molecule has 35 heavy (non-hydrogen) atoms. The lowest BCUT2D eigenvalue weighted by molar-refractivity contribution is 0.102. The van der Waals surface area contributed by atoms with E-state index in [1.54, 1.807) is 6.07 Å². The Balaban J connectivity index is 1.70. The van der Waals surface area contributed by atoms with Gasteiger partial charge >= 0.3 is 6.09 Å². The highest BCUT2D eigenvalue weighted by Crippen LogP contribution is 2.19. The summed E-state index contributed by atoms with van der Waals surface area (Å²) < 4.78 is 19.0. The molecule has 0 radical (unpaired) electrons. The number of nitrogens with two attached hydrogens (primary N) is 2. The Bertz CT molecular complexity index is 1240. The number of ether oxygens (including phenoxy) is 1. The second-order valence-corrected chi connectivity index (χ2v) is 7.57. The standard InChI is InChI=1S/C22H22ClFN8O3/c1-12(15-4-3-9-27-19(15)24)35-22(34)31-20(32(2)26)18(25)16-7-6-14(11-28-16)30-21(33)13-5-8-17(23)29-10-13/h3-12H,25-26H2,1-2H3,(H,30,33)(H,31,34)/b20-18-/t12-/m1/s1. The molecule has 6 N–H and O–H groups in total. The first-order chi connectivity index (χ1) is 16.7. The molecule has 3 rings (SSSR count). The van der Waals surface area contributed by atoms with Gasteiger partial charge in [-0.2, -0.15) is 4.39 Å². The van der Waals surface area contributed by atoms with Crippen molar-refractivity contribution in [3.05, 3.63) is 88.7 Å². The lowest BCUT2D eigenvalue weighted by Crippen LogP contribution is -2.39. The van der Waals surface area contributed by atoms with E-state index in [1.807, 2.05) is 0 Å². The van der Waals surface area contributed by atoms with E-state index in [0.29, 0.717) is 11.3 Å². The van der Waals surface area contributed by atoms with Crippen LogP contribution in [-0.2, 0) is 4.74 Å². The van der Waals surface area contributed by atoms with Crippen LogP contribution in [0.4, 0.5) is 14.9 Å². The lowest BCUT2D eigenvalue weighted by Gasteiger charge is -2.21. The van der Waals surface area contributed by atoms with E-state index < -0.39 is 24.1 Å². The Labute approximate surface area is 204 Å². The number of alkyl carbamates (subject to hydrolysis) is 1. The van der Waals surface area contributed by atoms with Gasteiger partial charge in [-0.3, -0.25) is 20.1 Å².